The van der Waals surface area contributed by atoms with Gasteiger partial charge in [-0.1, -0.05) is 58.5 Å². The van der Waals surface area contributed by atoms with Gasteiger partial charge >= 0.3 is 0 Å². The standard InChI is InChI=1S/C18H24Br2O/c1-12(2)11-18(6-3-4-7-18)17(20)15-10-14(19)9-13-5-8-21-16(13)15/h9-10,12,17H,3-8,11H2,1-2H3. The first-order valence-electron chi connectivity index (χ1n) is 8.11. The minimum atomic E-state index is 0.398. The van der Waals surface area contributed by atoms with Crippen molar-refractivity contribution in [2.75, 3.05) is 6.61 Å². The number of alkyl halides is 1. The molecule has 21 heavy (non-hydrogen) atoms. The summed E-state index contributed by atoms with van der Waals surface area (Å²) in [6.07, 6.45) is 7.74. The quantitative estimate of drug-likeness (QED) is 0.515. The van der Waals surface area contributed by atoms with Crippen molar-refractivity contribution in [1.29, 1.82) is 0 Å². The van der Waals surface area contributed by atoms with Crippen molar-refractivity contribution in [3.63, 3.8) is 0 Å². The maximum atomic E-state index is 5.96. The second kappa shape index (κ2) is 6.23. The summed E-state index contributed by atoms with van der Waals surface area (Å²) >= 11 is 7.77. The fourth-order valence-electron chi connectivity index (χ4n) is 4.27. The minimum absolute atomic E-state index is 0.398. The van der Waals surface area contributed by atoms with Crippen molar-refractivity contribution in [2.45, 2.75) is 57.2 Å². The Morgan fingerprint density at radius 2 is 1.95 bits per heavy atom. The molecule has 1 fully saturated rings. The number of benzene rings is 1. The molecule has 116 valence electrons. The summed E-state index contributed by atoms with van der Waals surface area (Å²) in [4.78, 5) is 0.402. The Morgan fingerprint density at radius 3 is 2.62 bits per heavy atom. The van der Waals surface area contributed by atoms with Crippen LogP contribution in [0.4, 0.5) is 0 Å². The number of ether oxygens (including phenoxy) is 1. The number of rotatable bonds is 4. The zero-order valence-corrected chi connectivity index (χ0v) is 16.1. The van der Waals surface area contributed by atoms with Gasteiger partial charge in [-0.3, -0.25) is 0 Å². The molecular formula is C18H24Br2O. The molecule has 3 heteroatoms. The topological polar surface area (TPSA) is 9.23 Å². The Morgan fingerprint density at radius 1 is 1.24 bits per heavy atom. The highest BCUT2D eigenvalue weighted by molar-refractivity contribution is 9.10. The van der Waals surface area contributed by atoms with E-state index >= 15 is 0 Å². The molecule has 1 unspecified atom stereocenters. The van der Waals surface area contributed by atoms with Gasteiger partial charge in [0.05, 0.1) is 6.61 Å². The van der Waals surface area contributed by atoms with Gasteiger partial charge in [0, 0.05) is 21.3 Å². The molecule has 1 aliphatic carbocycles. The van der Waals surface area contributed by atoms with Crippen LogP contribution in [-0.2, 0) is 6.42 Å². The molecule has 0 spiro atoms. The molecule has 1 aromatic rings. The average molecular weight is 416 g/mol. The van der Waals surface area contributed by atoms with Crippen LogP contribution in [-0.4, -0.2) is 6.61 Å². The lowest BCUT2D eigenvalue weighted by Crippen LogP contribution is -2.24. The van der Waals surface area contributed by atoms with E-state index in [1.165, 1.54) is 47.7 Å². The minimum Gasteiger partial charge on any atom is -0.493 e. The molecule has 2 aliphatic rings. The summed E-state index contributed by atoms with van der Waals surface area (Å²) in [6.45, 7) is 5.53. The van der Waals surface area contributed by atoms with Crippen molar-refractivity contribution in [1.82, 2.24) is 0 Å². The molecule has 1 heterocycles. The zero-order chi connectivity index (χ0) is 15.0. The monoisotopic (exact) mass is 414 g/mol. The van der Waals surface area contributed by atoms with E-state index in [0.717, 1.165) is 24.7 Å². The van der Waals surface area contributed by atoms with Gasteiger partial charge in [0.2, 0.25) is 0 Å². The van der Waals surface area contributed by atoms with Crippen LogP contribution in [0.25, 0.3) is 0 Å². The normalized spacial score (nSPS) is 21.4. The van der Waals surface area contributed by atoms with E-state index in [1.54, 1.807) is 0 Å². The van der Waals surface area contributed by atoms with Crippen molar-refractivity contribution in [2.24, 2.45) is 11.3 Å². The van der Waals surface area contributed by atoms with Gasteiger partial charge in [-0.15, -0.1) is 0 Å². The average Bonchev–Trinajstić information content (AvgIpc) is 3.05. The molecule has 0 saturated heterocycles. The molecule has 1 saturated carbocycles. The molecule has 0 bridgehead atoms. The van der Waals surface area contributed by atoms with Gasteiger partial charge in [-0.25, -0.2) is 0 Å². The second-order valence-electron chi connectivity index (χ2n) is 7.11. The highest BCUT2D eigenvalue weighted by atomic mass is 79.9. The van der Waals surface area contributed by atoms with Crippen molar-refractivity contribution < 1.29 is 4.74 Å². The van der Waals surface area contributed by atoms with E-state index in [1.807, 2.05) is 0 Å². The Labute approximate surface area is 145 Å². The Bertz CT molecular complexity index is 518. The molecule has 0 radical (unpaired) electrons. The lowest BCUT2D eigenvalue weighted by Gasteiger charge is -2.37. The number of hydrogen-bond donors (Lipinski definition) is 0. The number of fused-ring (bicyclic) bond motifs is 1. The fourth-order valence-corrected chi connectivity index (χ4v) is 5.78. The predicted molar refractivity (Wildman–Crippen MR) is 95.4 cm³/mol. The smallest absolute Gasteiger partial charge is 0.127 e. The third kappa shape index (κ3) is 3.06. The number of halogens is 2. The van der Waals surface area contributed by atoms with Crippen LogP contribution in [0.3, 0.4) is 0 Å². The van der Waals surface area contributed by atoms with E-state index in [4.69, 9.17) is 4.74 Å². The third-order valence-electron chi connectivity index (χ3n) is 5.00. The van der Waals surface area contributed by atoms with Crippen LogP contribution in [0.15, 0.2) is 16.6 Å². The summed E-state index contributed by atoms with van der Waals surface area (Å²) < 4.78 is 7.15. The van der Waals surface area contributed by atoms with Crippen LogP contribution < -0.4 is 4.74 Å². The van der Waals surface area contributed by atoms with E-state index in [2.05, 4.69) is 57.8 Å². The first-order chi connectivity index (χ1) is 10.0. The summed E-state index contributed by atoms with van der Waals surface area (Å²) in [5, 5.41) is 0. The fraction of sp³-hybridized carbons (Fsp3) is 0.667. The lowest BCUT2D eigenvalue weighted by atomic mass is 9.73. The molecule has 1 nitrogen and oxygen atoms in total. The third-order valence-corrected chi connectivity index (χ3v) is 6.92. The highest BCUT2D eigenvalue weighted by Crippen LogP contribution is 2.57. The van der Waals surface area contributed by atoms with Crippen molar-refractivity contribution in [3.05, 3.63) is 27.7 Å². The summed E-state index contributed by atoms with van der Waals surface area (Å²) in [7, 11) is 0. The van der Waals surface area contributed by atoms with Crippen LogP contribution in [0, 0.1) is 11.3 Å². The number of hydrogen-bond acceptors (Lipinski definition) is 1. The molecule has 0 N–H and O–H groups in total. The van der Waals surface area contributed by atoms with Crippen LogP contribution in [0.2, 0.25) is 0 Å². The SMILES string of the molecule is CC(C)CC1(C(Br)c2cc(Br)cc3c2OCC3)CCCC1. The van der Waals surface area contributed by atoms with E-state index in [9.17, 15) is 0 Å². The Kier molecular flexibility index (Phi) is 4.71. The van der Waals surface area contributed by atoms with Crippen molar-refractivity contribution in [3.8, 4) is 5.75 Å². The van der Waals surface area contributed by atoms with Crippen LogP contribution >= 0.6 is 31.9 Å². The largest absolute Gasteiger partial charge is 0.493 e. The van der Waals surface area contributed by atoms with Gasteiger partial charge in [0.1, 0.15) is 5.75 Å². The predicted octanol–water partition coefficient (Wildman–Crippen LogP) is 6.43. The first-order valence-corrected chi connectivity index (χ1v) is 9.82. The van der Waals surface area contributed by atoms with E-state index in [0.29, 0.717) is 10.2 Å². The van der Waals surface area contributed by atoms with Gasteiger partial charge < -0.3 is 4.74 Å². The first kappa shape index (κ1) is 15.9. The van der Waals surface area contributed by atoms with E-state index < -0.39 is 0 Å². The maximum Gasteiger partial charge on any atom is 0.127 e. The van der Waals surface area contributed by atoms with Crippen LogP contribution in [0.1, 0.15) is 61.9 Å². The van der Waals surface area contributed by atoms with Gasteiger partial charge in [0.25, 0.3) is 0 Å². The van der Waals surface area contributed by atoms with Crippen molar-refractivity contribution >= 4 is 31.9 Å². The van der Waals surface area contributed by atoms with Gasteiger partial charge in [-0.2, -0.15) is 0 Å². The van der Waals surface area contributed by atoms with E-state index in [-0.39, 0.29) is 0 Å². The van der Waals surface area contributed by atoms with Gasteiger partial charge in [-0.05, 0) is 48.3 Å². The Balaban J connectivity index is 1.99. The molecule has 1 aromatic carbocycles. The summed E-state index contributed by atoms with van der Waals surface area (Å²) in [5.41, 5.74) is 3.12. The molecule has 1 aliphatic heterocycles. The molecule has 3 rings (SSSR count). The molecule has 0 amide bonds. The highest BCUT2D eigenvalue weighted by Gasteiger charge is 2.42. The second-order valence-corrected chi connectivity index (χ2v) is 8.94. The van der Waals surface area contributed by atoms with Crippen LogP contribution in [0.5, 0.6) is 5.75 Å². The zero-order valence-electron chi connectivity index (χ0n) is 12.9. The summed E-state index contributed by atoms with van der Waals surface area (Å²) in [5.74, 6) is 1.89. The summed E-state index contributed by atoms with van der Waals surface area (Å²) in [6, 6.07) is 4.49. The maximum absolute atomic E-state index is 5.96. The lowest BCUT2D eigenvalue weighted by molar-refractivity contribution is 0.227. The van der Waals surface area contributed by atoms with Gasteiger partial charge in [0.15, 0.2) is 0 Å². The molecular weight excluding hydrogens is 392 g/mol. The molecule has 0 aromatic heterocycles. The molecule has 1 atom stereocenters. The Hall–Kier alpha value is -0.0200.